The minimum atomic E-state index is -0.375. The van der Waals surface area contributed by atoms with Gasteiger partial charge < -0.3 is 37.4 Å². The van der Waals surface area contributed by atoms with Crippen LogP contribution in [0.3, 0.4) is 0 Å². The number of rotatable bonds is 2. The minimum Gasteiger partial charge on any atom is -0.693 e. The summed E-state index contributed by atoms with van der Waals surface area (Å²) in [6, 6.07) is 0. The first-order valence-electron chi connectivity index (χ1n) is 2.49. The average Bonchev–Trinajstić information content (AvgIpc) is 1.27. The van der Waals surface area contributed by atoms with Crippen molar-refractivity contribution in [3.8, 4) is 0 Å². The Morgan fingerprint density at radius 3 is 1.08 bits per heavy atom. The molecule has 0 aliphatic rings. The van der Waals surface area contributed by atoms with Gasteiger partial charge in [0.1, 0.15) is 0 Å². The van der Waals surface area contributed by atoms with Gasteiger partial charge in [-0.3, -0.25) is 0 Å². The molecule has 0 saturated heterocycles. The summed E-state index contributed by atoms with van der Waals surface area (Å²) in [5.41, 5.74) is 0. The van der Waals surface area contributed by atoms with Crippen molar-refractivity contribution >= 4 is 0 Å². The van der Waals surface area contributed by atoms with E-state index in [1.165, 1.54) is 0 Å². The Kier molecular flexibility index (Phi) is 73.5. The van der Waals surface area contributed by atoms with Gasteiger partial charge >= 0.3 is 0 Å². The van der Waals surface area contributed by atoms with Gasteiger partial charge in [0.25, 0.3) is 0 Å². The van der Waals surface area contributed by atoms with Gasteiger partial charge in [-0.2, -0.15) is 0 Å². The van der Waals surface area contributed by atoms with Gasteiger partial charge in [0.05, 0.1) is 12.2 Å². The van der Waals surface area contributed by atoms with Crippen LogP contribution >= 0.6 is 0 Å². The van der Waals surface area contributed by atoms with Crippen molar-refractivity contribution in [2.45, 2.75) is 32.5 Å². The first-order valence-corrected chi connectivity index (χ1v) is 2.49. The maximum absolute atomic E-state index is 8.56. The van der Waals surface area contributed by atoms with Crippen LogP contribution in [0.25, 0.3) is 12.3 Å². The van der Waals surface area contributed by atoms with E-state index in [-0.39, 0.29) is 59.5 Å². The zero-order valence-corrected chi connectivity index (χ0v) is 10.6. The monoisotopic (exact) mass is 359 g/mol. The van der Waals surface area contributed by atoms with Crippen LogP contribution in [0.5, 0.6) is 0 Å². The zero-order valence-electron chi connectivity index (χ0n) is 8.24. The molecule has 1 radical (unpaired) electrons. The van der Waals surface area contributed by atoms with Gasteiger partial charge in [0.2, 0.25) is 0 Å². The second-order valence-corrected chi connectivity index (χ2v) is 1.93. The summed E-state index contributed by atoms with van der Waals surface area (Å²) >= 11 is 0. The second kappa shape index (κ2) is 22.5. The predicted molar refractivity (Wildman–Crippen MR) is 51.4 cm³/mol. The maximum Gasteiger partial charge on any atom is 0.0536 e. The van der Waals surface area contributed by atoms with Crippen LogP contribution in [0.2, 0.25) is 0 Å². The largest absolute Gasteiger partial charge is 0.693 e. The predicted octanol–water partition coefficient (Wildman–Crippen LogP) is 2.47. The first kappa shape index (κ1) is 39.1. The molecule has 0 heterocycles. The van der Waals surface area contributed by atoms with E-state index in [1.54, 1.807) is 13.8 Å². The molecule has 2 atom stereocenters. The Hall–Kier alpha value is 0.489. The normalized spacial score (nSPS) is 11.0. The van der Waals surface area contributed by atoms with Gasteiger partial charge in [0.15, 0.2) is 0 Å². The molecule has 6 N–H and O–H groups in total. The van der Waals surface area contributed by atoms with Gasteiger partial charge in [-0.25, -0.2) is 0 Å². The molecule has 5 heteroatoms. The first-order chi connectivity index (χ1) is 3.13. The molecule has 0 saturated carbocycles. The number of hydrogen-bond acceptors (Lipinski definition) is 2. The van der Waals surface area contributed by atoms with Crippen LogP contribution in [0.4, 0.5) is 0 Å². The van der Waals surface area contributed by atoms with E-state index in [4.69, 9.17) is 10.2 Å². The number of aliphatic hydroxyl groups excluding tert-OH is 2. The standard InChI is InChI=1S/C5H12O2.2CH3.Ir.2H2N/c1-4(6)3-5(2)7;;;;;/h4-7H,3H2,1-2H3;2*1H3;;2*1H2/q;2*-1;;2*-1/t4-,5-;;;;;/m1...../s1. The van der Waals surface area contributed by atoms with E-state index in [9.17, 15) is 0 Å². The smallest absolute Gasteiger partial charge is 0.0536 e. The van der Waals surface area contributed by atoms with Crippen LogP contribution in [0.15, 0.2) is 0 Å². The van der Waals surface area contributed by atoms with Crippen molar-refractivity contribution in [2.75, 3.05) is 0 Å². The summed E-state index contributed by atoms with van der Waals surface area (Å²) in [4.78, 5) is 0. The Balaban J connectivity index is -0.0000000180. The van der Waals surface area contributed by atoms with Crippen LogP contribution in [-0.2, 0) is 20.1 Å². The Bertz CT molecular complexity index is 48.7. The SMILES string of the molecule is C[C@@H](O)C[C@@H](C)O.[CH3-].[CH3-].[Ir].[NH2-].[NH2-]. The van der Waals surface area contributed by atoms with E-state index in [1.807, 2.05) is 0 Å². The summed E-state index contributed by atoms with van der Waals surface area (Å²) in [5.74, 6) is 0. The number of aliphatic hydroxyl groups is 2. The average molecular weight is 358 g/mol. The summed E-state index contributed by atoms with van der Waals surface area (Å²) in [5, 5.41) is 17.1. The van der Waals surface area contributed by atoms with Crippen LogP contribution in [0, 0.1) is 14.9 Å². The fraction of sp³-hybridized carbons (Fsp3) is 0.714. The molecule has 4 nitrogen and oxygen atoms in total. The van der Waals surface area contributed by atoms with Crippen molar-refractivity contribution < 1.29 is 30.3 Å². The molecule has 0 aliphatic heterocycles. The molecule has 12 heavy (non-hydrogen) atoms. The third-order valence-corrected chi connectivity index (χ3v) is 0.682. The molecule has 0 aromatic carbocycles. The van der Waals surface area contributed by atoms with Gasteiger partial charge in [-0.1, -0.05) is 0 Å². The topological polar surface area (TPSA) is 107 Å². The molecule has 0 unspecified atom stereocenters. The summed E-state index contributed by atoms with van der Waals surface area (Å²) in [6.07, 6.45) is -0.278. The minimum absolute atomic E-state index is 0. The summed E-state index contributed by atoms with van der Waals surface area (Å²) in [6.45, 7) is 3.32. The molecule has 0 fully saturated rings. The van der Waals surface area contributed by atoms with Crippen molar-refractivity contribution in [3.63, 3.8) is 0 Å². The molecule has 0 aliphatic carbocycles. The van der Waals surface area contributed by atoms with Gasteiger partial charge in [-0.05, 0) is 20.3 Å². The van der Waals surface area contributed by atoms with Crippen molar-refractivity contribution in [3.05, 3.63) is 27.2 Å². The molecule has 0 amide bonds. The molecular formula is C7H22IrN2O2-4. The number of hydrogen-bond donors (Lipinski definition) is 2. The molecule has 0 rings (SSSR count). The van der Waals surface area contributed by atoms with Crippen LogP contribution < -0.4 is 0 Å². The Morgan fingerprint density at radius 1 is 0.917 bits per heavy atom. The summed E-state index contributed by atoms with van der Waals surface area (Å²) < 4.78 is 0. The van der Waals surface area contributed by atoms with Gasteiger partial charge in [0, 0.05) is 20.1 Å². The third-order valence-electron chi connectivity index (χ3n) is 0.682. The van der Waals surface area contributed by atoms with E-state index < -0.39 is 0 Å². The quantitative estimate of drug-likeness (QED) is 0.740. The number of nitrogens with two attached hydrogens (primary N) is 2. The van der Waals surface area contributed by atoms with Gasteiger partial charge in [-0.15, -0.1) is 0 Å². The maximum atomic E-state index is 8.56. The molecule has 0 bridgehead atoms. The molecule has 0 spiro atoms. The summed E-state index contributed by atoms with van der Waals surface area (Å²) in [7, 11) is 0. The Labute approximate surface area is 90.3 Å². The Morgan fingerprint density at radius 2 is 1.08 bits per heavy atom. The van der Waals surface area contributed by atoms with E-state index >= 15 is 0 Å². The van der Waals surface area contributed by atoms with E-state index in [2.05, 4.69) is 0 Å². The molecule has 0 aromatic rings. The van der Waals surface area contributed by atoms with Crippen molar-refractivity contribution in [1.29, 1.82) is 0 Å². The van der Waals surface area contributed by atoms with E-state index in [0.29, 0.717) is 6.42 Å². The van der Waals surface area contributed by atoms with E-state index in [0.717, 1.165) is 0 Å². The van der Waals surface area contributed by atoms with Crippen molar-refractivity contribution in [2.24, 2.45) is 0 Å². The van der Waals surface area contributed by atoms with Crippen LogP contribution in [0.1, 0.15) is 20.3 Å². The second-order valence-electron chi connectivity index (χ2n) is 1.93. The fourth-order valence-corrected chi connectivity index (χ4v) is 0.494. The molecular weight excluding hydrogens is 336 g/mol. The zero-order chi connectivity index (χ0) is 5.86. The van der Waals surface area contributed by atoms with Crippen LogP contribution in [-0.4, -0.2) is 22.4 Å². The molecule has 0 aromatic heterocycles. The molecule has 85 valence electrons. The third kappa shape index (κ3) is 46.9. The fourth-order valence-electron chi connectivity index (χ4n) is 0.494. The van der Waals surface area contributed by atoms with Crippen molar-refractivity contribution in [1.82, 2.24) is 0 Å².